The Morgan fingerprint density at radius 3 is 0.598 bits per heavy atom. The van der Waals surface area contributed by atoms with E-state index >= 15 is 0 Å². The maximum Gasteiger partial charge on any atom is 0.0784 e. The van der Waals surface area contributed by atoms with Crippen molar-refractivity contribution in [2.75, 3.05) is 14.1 Å². The smallest absolute Gasteiger partial charge is 0.0784 e. The maximum atomic E-state index is 4.50. The van der Waals surface area contributed by atoms with Gasteiger partial charge in [0.05, 0.1) is 82.9 Å². The van der Waals surface area contributed by atoms with Crippen LogP contribution in [0.5, 0.6) is 0 Å². The van der Waals surface area contributed by atoms with Crippen molar-refractivity contribution in [2.45, 2.75) is 0 Å². The van der Waals surface area contributed by atoms with E-state index in [2.05, 4.69) is 413 Å². The van der Waals surface area contributed by atoms with Crippen LogP contribution >= 0.6 is 0 Å². The van der Waals surface area contributed by atoms with Crippen LogP contribution in [0, 0.1) is 0 Å². The Labute approximate surface area is 616 Å². The molecule has 9 heteroatoms. The van der Waals surface area contributed by atoms with E-state index in [9.17, 15) is 0 Å². The van der Waals surface area contributed by atoms with E-state index in [0.29, 0.717) is 0 Å². The molecule has 23 aromatic rings. The van der Waals surface area contributed by atoms with E-state index in [0.717, 1.165) is 34.1 Å². The molecule has 0 aliphatic rings. The topological polar surface area (TPSA) is 86.6 Å². The average Bonchev–Trinajstić information content (AvgIpc) is 1.55. The van der Waals surface area contributed by atoms with Crippen molar-refractivity contribution in [3.05, 3.63) is 370 Å². The summed E-state index contributed by atoms with van der Waals surface area (Å²) in [6, 6.07) is 135. The van der Waals surface area contributed by atoms with Gasteiger partial charge in [0, 0.05) is 110 Å². The molecule has 508 valence electrons. The fraction of sp³-hybridized carbons (Fsp3) is 0.0204. The van der Waals surface area contributed by atoms with Gasteiger partial charge < -0.3 is 43.4 Å². The molecular formula is C98H71N9. The standard InChI is InChI=1S/C54H34N4.C42H27N3.2CH5N/c1-8-22-46-38(15-1)39-16-2-9-23-47(39)55(46)35-29-31-36(32-30-35)57-50-26-12-7-21-44(50)45-33-37(56-48-24-10-3-17-40(48)41-18-4-11-25-49(41)56)34-53(54(45)57)58-51-27-13-5-19-42(51)43-20-6-14-28-52(43)58;1-6-16-37-31(11-1)32-12-2-7-17-38(32)43(37)28-21-23-29(24-22-28)44-41-20-10-5-15-35(41)36-27-30(25-26-42(36)44)45-39-18-8-3-13-33(39)34-14-4-9-19-40(34)45;2*1-2/h1-34H;1-27H;2*2H2,1H3. The maximum absolute atomic E-state index is 4.50. The molecule has 107 heavy (non-hydrogen) atoms. The third-order valence-corrected chi connectivity index (χ3v) is 21.8. The van der Waals surface area contributed by atoms with E-state index < -0.39 is 0 Å². The molecule has 0 atom stereocenters. The van der Waals surface area contributed by atoms with Crippen molar-refractivity contribution in [1.29, 1.82) is 0 Å². The summed E-state index contributed by atoms with van der Waals surface area (Å²) >= 11 is 0. The Hall–Kier alpha value is -14.0. The van der Waals surface area contributed by atoms with E-state index in [4.69, 9.17) is 0 Å². The van der Waals surface area contributed by atoms with Crippen molar-refractivity contribution in [3.63, 3.8) is 0 Å². The summed E-state index contributed by atoms with van der Waals surface area (Å²) in [5.74, 6) is 0. The molecular weight excluding hydrogens is 1300 g/mol. The Morgan fingerprint density at radius 1 is 0.140 bits per heavy atom. The van der Waals surface area contributed by atoms with Crippen LogP contribution in [0.1, 0.15) is 0 Å². The van der Waals surface area contributed by atoms with Crippen LogP contribution in [0.3, 0.4) is 0 Å². The average molecular weight is 1370 g/mol. The Morgan fingerprint density at radius 2 is 0.318 bits per heavy atom. The second-order valence-electron chi connectivity index (χ2n) is 27.1. The van der Waals surface area contributed by atoms with Gasteiger partial charge in [-0.3, -0.25) is 0 Å². The first-order valence-electron chi connectivity index (χ1n) is 36.6. The summed E-state index contributed by atoms with van der Waals surface area (Å²) in [5, 5.41) is 17.5. The minimum absolute atomic E-state index is 1.11. The molecule has 0 bridgehead atoms. The lowest BCUT2D eigenvalue weighted by atomic mass is 10.1. The summed E-state index contributed by atoms with van der Waals surface area (Å²) in [4.78, 5) is 0. The van der Waals surface area contributed by atoms with E-state index in [1.165, 1.54) is 172 Å². The van der Waals surface area contributed by atoms with Crippen LogP contribution in [0.2, 0.25) is 0 Å². The Bertz CT molecular complexity index is 7160. The second-order valence-corrected chi connectivity index (χ2v) is 27.1. The molecule has 0 amide bonds. The zero-order valence-corrected chi connectivity index (χ0v) is 59.0. The quantitative estimate of drug-likeness (QED) is 0.167. The zero-order chi connectivity index (χ0) is 71.4. The third kappa shape index (κ3) is 9.58. The normalized spacial score (nSPS) is 11.7. The van der Waals surface area contributed by atoms with E-state index in [-0.39, 0.29) is 0 Å². The minimum atomic E-state index is 1.11. The molecule has 0 radical (unpaired) electrons. The van der Waals surface area contributed by atoms with Gasteiger partial charge in [-0.05, 0) is 166 Å². The first kappa shape index (κ1) is 62.8. The summed E-state index contributed by atoms with van der Waals surface area (Å²) in [6.45, 7) is 0. The highest BCUT2D eigenvalue weighted by Crippen LogP contribution is 2.45. The number of benzene rings is 16. The van der Waals surface area contributed by atoms with Gasteiger partial charge >= 0.3 is 0 Å². The van der Waals surface area contributed by atoms with Crippen molar-refractivity contribution in [1.82, 2.24) is 32.0 Å². The molecule has 7 aromatic heterocycles. The van der Waals surface area contributed by atoms with Gasteiger partial charge in [0.25, 0.3) is 0 Å². The summed E-state index contributed by atoms with van der Waals surface area (Å²) in [6.07, 6.45) is 0. The number of nitrogens with zero attached hydrogens (tertiary/aromatic N) is 7. The van der Waals surface area contributed by atoms with Crippen molar-refractivity contribution < 1.29 is 0 Å². The Balaban J connectivity index is 0.000000139. The van der Waals surface area contributed by atoms with E-state index in [1.807, 2.05) is 0 Å². The SMILES string of the molecule is CN.CN.c1ccc2c(c1)c1ccccc1n2-c1ccc(-n2c3ccccc3c3cc(-n4c5ccccc5c5ccccc54)cc(-n4c5ccccc5c5ccccc54)c32)cc1.c1ccc2c(c1)c1ccccc1n2-c1ccc(-n2c3ccccc3c3cc(-n4c5ccccc5c5ccccc54)ccc32)cc1. The summed E-state index contributed by atoms with van der Waals surface area (Å²) < 4.78 is 17.0. The number of aromatic nitrogens is 7. The molecule has 16 aromatic carbocycles. The molecule has 0 fully saturated rings. The van der Waals surface area contributed by atoms with Crippen LogP contribution in [-0.2, 0) is 0 Å². The number of rotatable bonds is 7. The number of para-hydroxylation sites is 12. The number of hydrogen-bond acceptors (Lipinski definition) is 2. The molecule has 0 aliphatic carbocycles. The number of hydrogen-bond donors (Lipinski definition) is 2. The monoisotopic (exact) mass is 1370 g/mol. The summed E-state index contributed by atoms with van der Waals surface area (Å²) in [7, 11) is 3.00. The fourth-order valence-electron chi connectivity index (χ4n) is 17.5. The molecule has 23 rings (SSSR count). The molecule has 0 spiro atoms. The van der Waals surface area contributed by atoms with Gasteiger partial charge in [-0.2, -0.15) is 0 Å². The largest absolute Gasteiger partial charge is 0.333 e. The van der Waals surface area contributed by atoms with Gasteiger partial charge in [-0.15, -0.1) is 0 Å². The lowest BCUT2D eigenvalue weighted by molar-refractivity contribution is 1.11. The number of fused-ring (bicyclic) bond motifs is 21. The molecule has 0 aliphatic heterocycles. The van der Waals surface area contributed by atoms with Gasteiger partial charge in [-0.25, -0.2) is 0 Å². The van der Waals surface area contributed by atoms with Crippen LogP contribution in [0.4, 0.5) is 0 Å². The van der Waals surface area contributed by atoms with Crippen molar-refractivity contribution in [3.8, 4) is 39.8 Å². The predicted molar refractivity (Wildman–Crippen MR) is 453 cm³/mol. The molecule has 9 nitrogen and oxygen atoms in total. The highest BCUT2D eigenvalue weighted by molar-refractivity contribution is 6.18. The van der Waals surface area contributed by atoms with Gasteiger partial charge in [-0.1, -0.05) is 218 Å². The van der Waals surface area contributed by atoms with Gasteiger partial charge in [0.2, 0.25) is 0 Å². The molecule has 0 saturated heterocycles. The van der Waals surface area contributed by atoms with E-state index in [1.54, 1.807) is 0 Å². The van der Waals surface area contributed by atoms with Crippen LogP contribution in [-0.4, -0.2) is 46.1 Å². The third-order valence-electron chi connectivity index (χ3n) is 21.8. The molecule has 0 saturated carbocycles. The fourth-order valence-corrected chi connectivity index (χ4v) is 17.5. The highest BCUT2D eigenvalue weighted by Gasteiger charge is 2.25. The van der Waals surface area contributed by atoms with Crippen molar-refractivity contribution >= 4 is 153 Å². The molecule has 4 N–H and O–H groups in total. The lowest BCUT2D eigenvalue weighted by Crippen LogP contribution is -2.03. The summed E-state index contributed by atoms with van der Waals surface area (Å²) in [5.41, 5.74) is 33.8. The van der Waals surface area contributed by atoms with Gasteiger partial charge in [0.15, 0.2) is 0 Å². The lowest BCUT2D eigenvalue weighted by Gasteiger charge is -2.17. The van der Waals surface area contributed by atoms with Crippen LogP contribution in [0.25, 0.3) is 192 Å². The first-order valence-corrected chi connectivity index (χ1v) is 36.6. The second kappa shape index (κ2) is 25.5. The van der Waals surface area contributed by atoms with Crippen molar-refractivity contribution in [2.24, 2.45) is 11.5 Å². The molecule has 7 heterocycles. The number of nitrogens with two attached hydrogens (primary N) is 2. The van der Waals surface area contributed by atoms with Crippen LogP contribution in [0.15, 0.2) is 370 Å². The predicted octanol–water partition coefficient (Wildman–Crippen LogP) is 24.2. The minimum Gasteiger partial charge on any atom is -0.333 e. The molecule has 0 unspecified atom stereocenters. The zero-order valence-electron chi connectivity index (χ0n) is 59.0. The highest BCUT2D eigenvalue weighted by atomic mass is 15.1. The Kier molecular flexibility index (Phi) is 14.9. The van der Waals surface area contributed by atoms with Gasteiger partial charge in [0.1, 0.15) is 0 Å². The van der Waals surface area contributed by atoms with Crippen LogP contribution < -0.4 is 11.5 Å². The first-order chi connectivity index (χ1) is 53.2.